The van der Waals surface area contributed by atoms with Gasteiger partial charge in [-0.3, -0.25) is 9.69 Å². The number of methoxy groups -OCH3 is 2. The van der Waals surface area contributed by atoms with Crippen molar-refractivity contribution in [2.45, 2.75) is 37.5 Å². The molecule has 8 nitrogen and oxygen atoms in total. The fraction of sp³-hybridized carbons (Fsp3) is 0.483. The van der Waals surface area contributed by atoms with Crippen molar-refractivity contribution in [3.63, 3.8) is 0 Å². The smallest absolute Gasteiger partial charge is 0.243 e. The maximum absolute atomic E-state index is 13.1. The summed E-state index contributed by atoms with van der Waals surface area (Å²) in [6.45, 7) is 6.07. The molecule has 1 amide bonds. The van der Waals surface area contributed by atoms with Crippen LogP contribution in [0.15, 0.2) is 59.5 Å². The minimum atomic E-state index is -3.54. The molecule has 38 heavy (non-hydrogen) atoms. The molecule has 9 heteroatoms. The van der Waals surface area contributed by atoms with Gasteiger partial charge in [0.1, 0.15) is 11.5 Å². The van der Waals surface area contributed by atoms with Crippen LogP contribution < -0.4 is 9.47 Å². The number of para-hydroxylation sites is 1. The molecule has 2 aromatic rings. The molecule has 0 bridgehead atoms. The summed E-state index contributed by atoms with van der Waals surface area (Å²) >= 11 is 0. The molecule has 0 atom stereocenters. The number of carbonyl (C=O) groups excluding carboxylic acids is 1. The molecule has 1 fully saturated rings. The lowest BCUT2D eigenvalue weighted by atomic mass is 10.1. The first-order valence-corrected chi connectivity index (χ1v) is 14.8. The lowest BCUT2D eigenvalue weighted by Gasteiger charge is -2.35. The molecular formula is C29H41N3O5S. The molecule has 0 N–H and O–H groups in total. The Balaban J connectivity index is 1.56. The van der Waals surface area contributed by atoms with E-state index in [9.17, 15) is 13.2 Å². The Bertz CT molecular complexity index is 1140. The van der Waals surface area contributed by atoms with E-state index in [1.54, 1.807) is 38.5 Å². The number of ether oxygens (including phenoxy) is 2. The van der Waals surface area contributed by atoms with Gasteiger partial charge in [0.05, 0.1) is 19.1 Å². The predicted molar refractivity (Wildman–Crippen MR) is 151 cm³/mol. The lowest BCUT2D eigenvalue weighted by Crippen LogP contribution is -2.50. The quantitative estimate of drug-likeness (QED) is 0.334. The monoisotopic (exact) mass is 543 g/mol. The Morgan fingerprint density at radius 2 is 1.68 bits per heavy atom. The highest BCUT2D eigenvalue weighted by molar-refractivity contribution is 7.89. The van der Waals surface area contributed by atoms with Gasteiger partial charge in [0.2, 0.25) is 15.9 Å². The molecule has 2 aromatic carbocycles. The second-order valence-corrected chi connectivity index (χ2v) is 11.3. The first-order valence-electron chi connectivity index (χ1n) is 13.3. The fourth-order valence-electron chi connectivity index (χ4n) is 4.47. The van der Waals surface area contributed by atoms with E-state index >= 15 is 0 Å². The van der Waals surface area contributed by atoms with Gasteiger partial charge in [0, 0.05) is 57.8 Å². The summed E-state index contributed by atoms with van der Waals surface area (Å²) in [7, 11) is -0.339. The number of carbonyl (C=O) groups is 1. The van der Waals surface area contributed by atoms with E-state index in [2.05, 4.69) is 11.8 Å². The Morgan fingerprint density at radius 1 is 0.974 bits per heavy atom. The van der Waals surface area contributed by atoms with E-state index in [0.717, 1.165) is 30.6 Å². The van der Waals surface area contributed by atoms with Gasteiger partial charge in [0.25, 0.3) is 0 Å². The van der Waals surface area contributed by atoms with Crippen molar-refractivity contribution in [2.75, 3.05) is 60.0 Å². The third-order valence-corrected chi connectivity index (χ3v) is 8.74. The molecule has 1 aliphatic heterocycles. The van der Waals surface area contributed by atoms with Crippen LogP contribution in [0.5, 0.6) is 11.5 Å². The number of benzene rings is 2. The van der Waals surface area contributed by atoms with Crippen LogP contribution in [0.4, 0.5) is 0 Å². The van der Waals surface area contributed by atoms with Crippen molar-refractivity contribution in [3.05, 3.63) is 60.2 Å². The minimum Gasteiger partial charge on any atom is -0.497 e. The molecule has 1 saturated heterocycles. The highest BCUT2D eigenvalue weighted by atomic mass is 32.2. The molecule has 0 unspecified atom stereocenters. The zero-order valence-electron chi connectivity index (χ0n) is 22.8. The van der Waals surface area contributed by atoms with Gasteiger partial charge < -0.3 is 14.4 Å². The summed E-state index contributed by atoms with van der Waals surface area (Å²) in [5, 5.41) is 0. The SMILES string of the molecule is CCCCCC(=O)N(C/C=C/c1ccccc1OC)CCN1CCN(S(=O)(=O)c2ccc(OC)cc2)CC1. The van der Waals surface area contributed by atoms with Crippen molar-refractivity contribution in [2.24, 2.45) is 0 Å². The predicted octanol–water partition coefficient (Wildman–Crippen LogP) is 4.13. The van der Waals surface area contributed by atoms with Crippen LogP contribution in [-0.2, 0) is 14.8 Å². The topological polar surface area (TPSA) is 79.4 Å². The molecule has 1 heterocycles. The van der Waals surface area contributed by atoms with E-state index < -0.39 is 10.0 Å². The van der Waals surface area contributed by atoms with Gasteiger partial charge in [-0.2, -0.15) is 4.31 Å². The van der Waals surface area contributed by atoms with Gasteiger partial charge in [0.15, 0.2) is 0 Å². The van der Waals surface area contributed by atoms with Gasteiger partial charge in [-0.25, -0.2) is 8.42 Å². The number of amides is 1. The molecular weight excluding hydrogens is 502 g/mol. The van der Waals surface area contributed by atoms with Gasteiger partial charge in [-0.1, -0.05) is 50.1 Å². The van der Waals surface area contributed by atoms with Crippen molar-refractivity contribution < 1.29 is 22.7 Å². The van der Waals surface area contributed by atoms with Crippen molar-refractivity contribution in [1.29, 1.82) is 0 Å². The van der Waals surface area contributed by atoms with Gasteiger partial charge in [-0.15, -0.1) is 0 Å². The summed E-state index contributed by atoms with van der Waals surface area (Å²) in [6.07, 6.45) is 7.56. The van der Waals surface area contributed by atoms with Crippen LogP contribution in [0.25, 0.3) is 6.08 Å². The molecule has 0 aromatic heterocycles. The average molecular weight is 544 g/mol. The number of hydrogen-bond donors (Lipinski definition) is 0. The molecule has 208 valence electrons. The number of piperazine rings is 1. The summed E-state index contributed by atoms with van der Waals surface area (Å²) in [4.78, 5) is 17.4. The van der Waals surface area contributed by atoms with Crippen molar-refractivity contribution >= 4 is 22.0 Å². The van der Waals surface area contributed by atoms with Crippen LogP contribution in [0.1, 0.15) is 38.2 Å². The molecule has 0 spiro atoms. The summed E-state index contributed by atoms with van der Waals surface area (Å²) in [5.74, 6) is 1.58. The Kier molecular flexibility index (Phi) is 11.6. The normalized spacial score (nSPS) is 15.0. The van der Waals surface area contributed by atoms with Crippen LogP contribution in [0, 0.1) is 0 Å². The van der Waals surface area contributed by atoms with E-state index in [0.29, 0.717) is 58.0 Å². The third kappa shape index (κ3) is 8.31. The van der Waals surface area contributed by atoms with E-state index in [-0.39, 0.29) is 10.8 Å². The lowest BCUT2D eigenvalue weighted by molar-refractivity contribution is -0.131. The summed E-state index contributed by atoms with van der Waals surface area (Å²) in [5.41, 5.74) is 0.975. The maximum atomic E-state index is 13.1. The summed E-state index contributed by atoms with van der Waals surface area (Å²) < 4.78 is 38.2. The molecule has 3 rings (SSSR count). The van der Waals surface area contributed by atoms with Crippen LogP contribution in [0.2, 0.25) is 0 Å². The second-order valence-electron chi connectivity index (χ2n) is 9.36. The van der Waals surface area contributed by atoms with Crippen LogP contribution >= 0.6 is 0 Å². The standard InChI is InChI=1S/C29H41N3O5S/c1-4-5-6-13-29(33)31(18-9-11-25-10-7-8-12-28(25)37-3)22-19-30-20-23-32(24-21-30)38(34,35)27-16-14-26(36-2)15-17-27/h7-12,14-17H,4-6,13,18-24H2,1-3H3/b11-9+. The third-order valence-electron chi connectivity index (χ3n) is 6.82. The largest absolute Gasteiger partial charge is 0.497 e. The Labute approximate surface area is 227 Å². The fourth-order valence-corrected chi connectivity index (χ4v) is 5.89. The number of hydrogen-bond acceptors (Lipinski definition) is 6. The number of nitrogens with zero attached hydrogens (tertiary/aromatic N) is 3. The number of sulfonamides is 1. The van der Waals surface area contributed by atoms with Crippen LogP contribution in [-0.4, -0.2) is 88.5 Å². The zero-order chi connectivity index (χ0) is 27.4. The van der Waals surface area contributed by atoms with E-state index in [1.165, 1.54) is 4.31 Å². The highest BCUT2D eigenvalue weighted by Gasteiger charge is 2.28. The number of rotatable bonds is 14. The minimum absolute atomic E-state index is 0.156. The number of unbranched alkanes of at least 4 members (excludes halogenated alkanes) is 2. The van der Waals surface area contributed by atoms with E-state index in [4.69, 9.17) is 9.47 Å². The molecule has 1 aliphatic rings. The molecule has 0 aliphatic carbocycles. The zero-order valence-corrected chi connectivity index (χ0v) is 23.7. The summed E-state index contributed by atoms with van der Waals surface area (Å²) in [6, 6.07) is 14.3. The van der Waals surface area contributed by atoms with E-state index in [1.807, 2.05) is 41.3 Å². The van der Waals surface area contributed by atoms with Crippen LogP contribution in [0.3, 0.4) is 0 Å². The van der Waals surface area contributed by atoms with Crippen molar-refractivity contribution in [1.82, 2.24) is 14.1 Å². The Hall–Kier alpha value is -2.88. The first kappa shape index (κ1) is 29.7. The average Bonchev–Trinajstić information content (AvgIpc) is 2.95. The van der Waals surface area contributed by atoms with Gasteiger partial charge in [-0.05, 0) is 36.8 Å². The molecule has 0 saturated carbocycles. The van der Waals surface area contributed by atoms with Gasteiger partial charge >= 0.3 is 0 Å². The highest BCUT2D eigenvalue weighted by Crippen LogP contribution is 2.21. The molecule has 0 radical (unpaired) electrons. The Morgan fingerprint density at radius 3 is 2.34 bits per heavy atom. The van der Waals surface area contributed by atoms with Crippen molar-refractivity contribution in [3.8, 4) is 11.5 Å². The first-order chi connectivity index (χ1) is 18.4. The maximum Gasteiger partial charge on any atom is 0.243 e. The second kappa shape index (κ2) is 14.9.